The monoisotopic (exact) mass is 242 g/mol. The summed E-state index contributed by atoms with van der Waals surface area (Å²) >= 11 is 0. The van der Waals surface area contributed by atoms with Gasteiger partial charge in [-0.05, 0) is 42.9 Å². The molecule has 1 heterocycles. The van der Waals surface area contributed by atoms with E-state index in [2.05, 4.69) is 52.8 Å². The number of rotatable bonds is 2. The number of aryl methyl sites for hydroxylation is 2. The van der Waals surface area contributed by atoms with Gasteiger partial charge >= 0.3 is 0 Å². The molecular formula is C16H22N2. The van der Waals surface area contributed by atoms with Gasteiger partial charge in [-0.1, -0.05) is 33.8 Å². The molecule has 0 amide bonds. The van der Waals surface area contributed by atoms with Gasteiger partial charge in [0.05, 0.1) is 22.4 Å². The molecule has 0 saturated carbocycles. The topological polar surface area (TPSA) is 25.8 Å². The van der Waals surface area contributed by atoms with Crippen LogP contribution >= 0.6 is 0 Å². The molecule has 2 heteroatoms. The molecule has 0 atom stereocenters. The van der Waals surface area contributed by atoms with Gasteiger partial charge in [-0.15, -0.1) is 0 Å². The van der Waals surface area contributed by atoms with Crippen molar-refractivity contribution in [3.8, 4) is 0 Å². The third-order valence-electron chi connectivity index (χ3n) is 3.01. The van der Waals surface area contributed by atoms with E-state index >= 15 is 0 Å². The van der Waals surface area contributed by atoms with Crippen LogP contribution in [-0.2, 0) is 12.8 Å². The lowest BCUT2D eigenvalue weighted by Crippen LogP contribution is -2.13. The van der Waals surface area contributed by atoms with E-state index in [1.165, 1.54) is 5.56 Å². The van der Waals surface area contributed by atoms with E-state index in [-0.39, 0.29) is 5.41 Å². The molecule has 0 fully saturated rings. The Balaban J connectivity index is 2.56. The maximum atomic E-state index is 4.83. The first-order valence-electron chi connectivity index (χ1n) is 6.65. The van der Waals surface area contributed by atoms with Crippen molar-refractivity contribution in [2.75, 3.05) is 0 Å². The number of fused-ring (bicyclic) bond motifs is 1. The molecular weight excluding hydrogens is 220 g/mol. The van der Waals surface area contributed by atoms with Crippen LogP contribution in [0.25, 0.3) is 11.0 Å². The summed E-state index contributed by atoms with van der Waals surface area (Å²) in [6.45, 7) is 11.0. The smallest absolute Gasteiger partial charge is 0.0893 e. The van der Waals surface area contributed by atoms with E-state index in [0.29, 0.717) is 0 Å². The molecule has 96 valence electrons. The summed E-state index contributed by atoms with van der Waals surface area (Å²) in [5.74, 6) is 0. The minimum Gasteiger partial charge on any atom is -0.249 e. The standard InChI is InChI=1S/C16H22N2/c1-6-12-15(10-16(3,4)5)18-14-9-11(2)7-8-13(14)17-12/h7-9H,6,10H2,1-5H3. The summed E-state index contributed by atoms with van der Waals surface area (Å²) in [7, 11) is 0. The van der Waals surface area contributed by atoms with E-state index < -0.39 is 0 Å². The molecule has 2 nitrogen and oxygen atoms in total. The van der Waals surface area contributed by atoms with Gasteiger partial charge in [-0.2, -0.15) is 0 Å². The van der Waals surface area contributed by atoms with E-state index in [9.17, 15) is 0 Å². The Morgan fingerprint density at radius 2 is 1.67 bits per heavy atom. The lowest BCUT2D eigenvalue weighted by molar-refractivity contribution is 0.404. The van der Waals surface area contributed by atoms with Gasteiger partial charge < -0.3 is 0 Å². The molecule has 2 rings (SSSR count). The fourth-order valence-corrected chi connectivity index (χ4v) is 2.16. The first kappa shape index (κ1) is 13.0. The first-order valence-corrected chi connectivity index (χ1v) is 6.65. The van der Waals surface area contributed by atoms with Gasteiger partial charge in [0.25, 0.3) is 0 Å². The molecule has 2 aromatic rings. The Morgan fingerprint density at radius 3 is 2.28 bits per heavy atom. The predicted molar refractivity (Wildman–Crippen MR) is 76.8 cm³/mol. The number of benzene rings is 1. The van der Waals surface area contributed by atoms with Crippen LogP contribution in [0.1, 0.15) is 44.6 Å². The SMILES string of the molecule is CCc1nc2ccc(C)cc2nc1CC(C)(C)C. The fourth-order valence-electron chi connectivity index (χ4n) is 2.16. The van der Waals surface area contributed by atoms with Gasteiger partial charge in [0.15, 0.2) is 0 Å². The van der Waals surface area contributed by atoms with Crippen molar-refractivity contribution in [2.24, 2.45) is 5.41 Å². The van der Waals surface area contributed by atoms with Crippen molar-refractivity contribution in [1.29, 1.82) is 0 Å². The van der Waals surface area contributed by atoms with E-state index in [1.807, 2.05) is 0 Å². The molecule has 0 aliphatic rings. The molecule has 0 radical (unpaired) electrons. The Morgan fingerprint density at radius 1 is 1.00 bits per heavy atom. The zero-order valence-corrected chi connectivity index (χ0v) is 12.0. The summed E-state index contributed by atoms with van der Waals surface area (Å²) in [6, 6.07) is 6.28. The summed E-state index contributed by atoms with van der Waals surface area (Å²) in [6.07, 6.45) is 1.93. The third-order valence-corrected chi connectivity index (χ3v) is 3.01. The quantitative estimate of drug-likeness (QED) is 0.792. The van der Waals surface area contributed by atoms with Crippen LogP contribution in [-0.4, -0.2) is 9.97 Å². The Hall–Kier alpha value is -1.44. The van der Waals surface area contributed by atoms with Gasteiger partial charge in [0.1, 0.15) is 0 Å². The average Bonchev–Trinajstić information content (AvgIpc) is 2.25. The third kappa shape index (κ3) is 2.87. The van der Waals surface area contributed by atoms with Gasteiger partial charge in [0.2, 0.25) is 0 Å². The number of hydrogen-bond acceptors (Lipinski definition) is 2. The van der Waals surface area contributed by atoms with Crippen molar-refractivity contribution >= 4 is 11.0 Å². The fraction of sp³-hybridized carbons (Fsp3) is 0.500. The molecule has 0 N–H and O–H groups in total. The first-order chi connectivity index (χ1) is 8.39. The highest BCUT2D eigenvalue weighted by molar-refractivity contribution is 5.75. The summed E-state index contributed by atoms with van der Waals surface area (Å²) < 4.78 is 0. The second-order valence-corrected chi connectivity index (χ2v) is 6.20. The molecule has 0 unspecified atom stereocenters. The zero-order valence-electron chi connectivity index (χ0n) is 12.0. The highest BCUT2D eigenvalue weighted by Gasteiger charge is 2.16. The lowest BCUT2D eigenvalue weighted by atomic mass is 9.89. The van der Waals surface area contributed by atoms with E-state index in [0.717, 1.165) is 35.3 Å². The Bertz CT molecular complexity index is 565. The summed E-state index contributed by atoms with van der Waals surface area (Å²) in [4.78, 5) is 9.59. The van der Waals surface area contributed by atoms with Crippen LogP contribution in [0, 0.1) is 12.3 Å². The molecule has 0 aliphatic heterocycles. The van der Waals surface area contributed by atoms with E-state index in [4.69, 9.17) is 9.97 Å². The van der Waals surface area contributed by atoms with Gasteiger partial charge in [0, 0.05) is 0 Å². The van der Waals surface area contributed by atoms with Crippen molar-refractivity contribution in [2.45, 2.75) is 47.5 Å². The van der Waals surface area contributed by atoms with E-state index in [1.54, 1.807) is 0 Å². The van der Waals surface area contributed by atoms with Gasteiger partial charge in [-0.3, -0.25) is 0 Å². The molecule has 1 aromatic carbocycles. The average molecular weight is 242 g/mol. The molecule has 18 heavy (non-hydrogen) atoms. The van der Waals surface area contributed by atoms with Crippen LogP contribution in [0.4, 0.5) is 0 Å². The van der Waals surface area contributed by atoms with Crippen LogP contribution in [0.5, 0.6) is 0 Å². The normalized spacial score (nSPS) is 12.1. The predicted octanol–water partition coefficient (Wildman–Crippen LogP) is 4.09. The summed E-state index contributed by atoms with van der Waals surface area (Å²) in [5, 5.41) is 0. The van der Waals surface area contributed by atoms with Crippen LogP contribution < -0.4 is 0 Å². The molecule has 1 aromatic heterocycles. The second-order valence-electron chi connectivity index (χ2n) is 6.20. The van der Waals surface area contributed by atoms with Crippen molar-refractivity contribution in [1.82, 2.24) is 9.97 Å². The number of nitrogens with zero attached hydrogens (tertiary/aromatic N) is 2. The highest BCUT2D eigenvalue weighted by Crippen LogP contribution is 2.23. The largest absolute Gasteiger partial charge is 0.249 e. The van der Waals surface area contributed by atoms with Crippen LogP contribution in [0.2, 0.25) is 0 Å². The molecule has 0 aliphatic carbocycles. The molecule has 0 bridgehead atoms. The van der Waals surface area contributed by atoms with Crippen molar-refractivity contribution < 1.29 is 0 Å². The minimum absolute atomic E-state index is 0.246. The molecule has 0 spiro atoms. The van der Waals surface area contributed by atoms with Crippen LogP contribution in [0.3, 0.4) is 0 Å². The maximum Gasteiger partial charge on any atom is 0.0893 e. The molecule has 0 saturated heterocycles. The minimum atomic E-state index is 0.246. The Kier molecular flexibility index (Phi) is 3.38. The zero-order chi connectivity index (χ0) is 13.3. The highest BCUT2D eigenvalue weighted by atomic mass is 14.8. The van der Waals surface area contributed by atoms with Gasteiger partial charge in [-0.25, -0.2) is 9.97 Å². The maximum absolute atomic E-state index is 4.83. The summed E-state index contributed by atoms with van der Waals surface area (Å²) in [5.41, 5.74) is 5.81. The number of hydrogen-bond donors (Lipinski definition) is 0. The number of aromatic nitrogens is 2. The van der Waals surface area contributed by atoms with Crippen LogP contribution in [0.15, 0.2) is 18.2 Å². The lowest BCUT2D eigenvalue weighted by Gasteiger charge is -2.19. The Labute approximate surface area is 109 Å². The van der Waals surface area contributed by atoms with Crippen molar-refractivity contribution in [3.63, 3.8) is 0 Å². The second kappa shape index (κ2) is 4.68. The van der Waals surface area contributed by atoms with Crippen molar-refractivity contribution in [3.05, 3.63) is 35.2 Å².